The molecule has 1 N–H and O–H groups in total. The summed E-state index contributed by atoms with van der Waals surface area (Å²) in [6, 6.07) is 9.37. The van der Waals surface area contributed by atoms with Crippen LogP contribution >= 0.6 is 0 Å². The van der Waals surface area contributed by atoms with Gasteiger partial charge < -0.3 is 0 Å². The quantitative estimate of drug-likeness (QED) is 0.730. The van der Waals surface area contributed by atoms with Crippen molar-refractivity contribution in [2.75, 3.05) is 0 Å². The second kappa shape index (κ2) is 5.34. The molecule has 0 aliphatic rings. The van der Waals surface area contributed by atoms with E-state index in [0.717, 1.165) is 6.07 Å². The van der Waals surface area contributed by atoms with Gasteiger partial charge in [-0.2, -0.15) is 18.3 Å². The predicted octanol–water partition coefficient (Wildman–Crippen LogP) is 3.77. The van der Waals surface area contributed by atoms with Gasteiger partial charge in [0, 0.05) is 5.69 Å². The number of nitrogens with one attached hydrogen (secondary N) is 1. The molecule has 23 heavy (non-hydrogen) atoms. The first-order chi connectivity index (χ1) is 10.9. The molecule has 9 heteroatoms. The van der Waals surface area contributed by atoms with Crippen molar-refractivity contribution in [2.24, 2.45) is 10.2 Å². The molecule has 0 aliphatic carbocycles. The van der Waals surface area contributed by atoms with E-state index in [2.05, 4.69) is 20.3 Å². The number of H-pyrrole nitrogens is 1. The van der Waals surface area contributed by atoms with Crippen LogP contribution < -0.4 is 5.56 Å². The fourth-order valence-electron chi connectivity index (χ4n) is 2.06. The number of nitrogens with zero attached hydrogens (tertiary/aromatic N) is 4. The molecular weight excluding hydrogens is 311 g/mol. The van der Waals surface area contributed by atoms with Crippen LogP contribution in [0.2, 0.25) is 0 Å². The number of aromatic nitrogens is 3. The first kappa shape index (κ1) is 14.9. The van der Waals surface area contributed by atoms with Gasteiger partial charge in [0.2, 0.25) is 0 Å². The summed E-state index contributed by atoms with van der Waals surface area (Å²) in [6.07, 6.45) is -4.64. The van der Waals surface area contributed by atoms with Crippen LogP contribution in [0.3, 0.4) is 0 Å². The minimum absolute atomic E-state index is 0.118. The molecule has 118 valence electrons. The molecule has 2 aromatic heterocycles. The van der Waals surface area contributed by atoms with E-state index < -0.39 is 17.4 Å². The molecule has 0 unspecified atom stereocenters. The van der Waals surface area contributed by atoms with Crippen LogP contribution in [0.5, 0.6) is 0 Å². The van der Waals surface area contributed by atoms with Crippen molar-refractivity contribution in [3.8, 4) is 0 Å². The summed E-state index contributed by atoms with van der Waals surface area (Å²) in [5, 5.41) is 9.70. The molecule has 3 aromatic rings. The fourth-order valence-corrected chi connectivity index (χ4v) is 2.06. The fraction of sp³-hybridized carbons (Fsp3) is 0.143. The molecule has 0 saturated heterocycles. The Bertz CT molecular complexity index is 941. The summed E-state index contributed by atoms with van der Waals surface area (Å²) in [7, 11) is 0. The van der Waals surface area contributed by atoms with Crippen LogP contribution in [0.15, 0.2) is 51.4 Å². The van der Waals surface area contributed by atoms with E-state index in [0.29, 0.717) is 10.2 Å². The van der Waals surface area contributed by atoms with Crippen LogP contribution in [-0.2, 0) is 6.18 Å². The van der Waals surface area contributed by atoms with E-state index in [-0.39, 0.29) is 17.0 Å². The number of hydrogen-bond acceptors (Lipinski definition) is 4. The summed E-state index contributed by atoms with van der Waals surface area (Å²) in [6.45, 7) is 1.41. The van der Waals surface area contributed by atoms with E-state index in [1.807, 2.05) is 0 Å². The van der Waals surface area contributed by atoms with Gasteiger partial charge in [-0.15, -0.1) is 5.11 Å². The highest BCUT2D eigenvalue weighted by Crippen LogP contribution is 2.31. The standard InChI is InChI=1S/C14H10F3N5O/c1-8-7-10(14(15,16)17)22-12(18-8)11(13(23)21-22)20-19-9-5-3-2-4-6-9/h2-7H,1H3,(H,21,23). The molecule has 0 radical (unpaired) electrons. The van der Waals surface area contributed by atoms with Gasteiger partial charge in [-0.05, 0) is 25.1 Å². The Labute approximate surface area is 127 Å². The number of aryl methyl sites for hydroxylation is 1. The van der Waals surface area contributed by atoms with Gasteiger partial charge in [0.1, 0.15) is 5.69 Å². The molecule has 3 rings (SSSR count). The minimum Gasteiger partial charge on any atom is -0.265 e. The average molecular weight is 321 g/mol. The Balaban J connectivity index is 2.19. The Morgan fingerprint density at radius 3 is 2.52 bits per heavy atom. The molecule has 0 aliphatic heterocycles. The van der Waals surface area contributed by atoms with Crippen molar-refractivity contribution in [1.82, 2.24) is 14.6 Å². The second-order valence-corrected chi connectivity index (χ2v) is 4.76. The predicted molar refractivity (Wildman–Crippen MR) is 76.2 cm³/mol. The highest BCUT2D eigenvalue weighted by Gasteiger charge is 2.35. The van der Waals surface area contributed by atoms with E-state index in [1.165, 1.54) is 6.92 Å². The third kappa shape index (κ3) is 2.85. The molecule has 0 spiro atoms. The molecule has 1 aromatic carbocycles. The van der Waals surface area contributed by atoms with E-state index in [1.54, 1.807) is 30.3 Å². The van der Waals surface area contributed by atoms with Crippen LogP contribution in [-0.4, -0.2) is 14.6 Å². The summed E-state index contributed by atoms with van der Waals surface area (Å²) in [5.74, 6) is 0. The first-order valence-electron chi connectivity index (χ1n) is 6.52. The normalized spacial score (nSPS) is 12.3. The smallest absolute Gasteiger partial charge is 0.265 e. The Kier molecular flexibility index (Phi) is 3.47. The molecule has 0 bridgehead atoms. The summed E-state index contributed by atoms with van der Waals surface area (Å²) in [4.78, 5) is 15.9. The van der Waals surface area contributed by atoms with Gasteiger partial charge in [0.25, 0.3) is 5.56 Å². The highest BCUT2D eigenvalue weighted by atomic mass is 19.4. The molecule has 0 amide bonds. The van der Waals surface area contributed by atoms with Crippen LogP contribution in [0.1, 0.15) is 11.4 Å². The topological polar surface area (TPSA) is 74.9 Å². The van der Waals surface area contributed by atoms with Gasteiger partial charge in [0.05, 0.1) is 5.69 Å². The van der Waals surface area contributed by atoms with Gasteiger partial charge in [-0.25, -0.2) is 9.50 Å². The summed E-state index contributed by atoms with van der Waals surface area (Å²) < 4.78 is 39.8. The Hall–Kier alpha value is -2.97. The SMILES string of the molecule is Cc1cc(C(F)(F)F)n2[nH]c(=O)c(N=Nc3ccccc3)c2n1. The first-order valence-corrected chi connectivity index (χ1v) is 6.52. The maximum atomic E-state index is 13.1. The van der Waals surface area contributed by atoms with Gasteiger partial charge in [0.15, 0.2) is 11.3 Å². The Morgan fingerprint density at radius 1 is 1.17 bits per heavy atom. The lowest BCUT2D eigenvalue weighted by Crippen LogP contribution is -2.14. The number of fused-ring (bicyclic) bond motifs is 1. The zero-order chi connectivity index (χ0) is 16.6. The van der Waals surface area contributed by atoms with Crippen molar-refractivity contribution < 1.29 is 13.2 Å². The molecule has 6 nitrogen and oxygen atoms in total. The lowest BCUT2D eigenvalue weighted by atomic mass is 10.3. The van der Waals surface area contributed by atoms with E-state index in [4.69, 9.17) is 0 Å². The van der Waals surface area contributed by atoms with Crippen LogP contribution in [0, 0.1) is 6.92 Å². The highest BCUT2D eigenvalue weighted by molar-refractivity contribution is 5.63. The van der Waals surface area contributed by atoms with Crippen molar-refractivity contribution in [3.05, 3.63) is 58.1 Å². The number of alkyl halides is 3. The largest absolute Gasteiger partial charge is 0.433 e. The molecule has 0 fully saturated rings. The van der Waals surface area contributed by atoms with Crippen molar-refractivity contribution >= 4 is 17.0 Å². The third-order valence-corrected chi connectivity index (χ3v) is 3.03. The number of azo groups is 1. The lowest BCUT2D eigenvalue weighted by molar-refractivity contribution is -0.142. The van der Waals surface area contributed by atoms with Gasteiger partial charge in [-0.3, -0.25) is 9.89 Å². The molecule has 0 saturated carbocycles. The minimum atomic E-state index is -4.64. The van der Waals surface area contributed by atoms with Crippen molar-refractivity contribution in [3.63, 3.8) is 0 Å². The van der Waals surface area contributed by atoms with Gasteiger partial charge in [-0.1, -0.05) is 18.2 Å². The Morgan fingerprint density at radius 2 is 1.87 bits per heavy atom. The van der Waals surface area contributed by atoms with E-state index in [9.17, 15) is 18.0 Å². The summed E-state index contributed by atoms with van der Waals surface area (Å²) >= 11 is 0. The number of halogens is 3. The zero-order valence-corrected chi connectivity index (χ0v) is 11.8. The van der Waals surface area contributed by atoms with E-state index >= 15 is 0 Å². The molecule has 2 heterocycles. The lowest BCUT2D eigenvalue weighted by Gasteiger charge is -2.09. The van der Waals surface area contributed by atoms with Crippen LogP contribution in [0.25, 0.3) is 5.65 Å². The van der Waals surface area contributed by atoms with Gasteiger partial charge >= 0.3 is 6.18 Å². The molecule has 0 atom stereocenters. The number of rotatable bonds is 2. The summed E-state index contributed by atoms with van der Waals surface area (Å²) in [5.41, 5.74) is -1.74. The number of hydrogen-bond donors (Lipinski definition) is 1. The number of aromatic amines is 1. The molecular formula is C14H10F3N5O. The maximum Gasteiger partial charge on any atom is 0.433 e. The average Bonchev–Trinajstić information content (AvgIpc) is 2.80. The monoisotopic (exact) mass is 321 g/mol. The van der Waals surface area contributed by atoms with Crippen molar-refractivity contribution in [2.45, 2.75) is 13.1 Å². The second-order valence-electron chi connectivity index (χ2n) is 4.76. The zero-order valence-electron chi connectivity index (χ0n) is 11.8. The van der Waals surface area contributed by atoms with Crippen molar-refractivity contribution in [1.29, 1.82) is 0 Å². The third-order valence-electron chi connectivity index (χ3n) is 3.03. The number of benzene rings is 1. The maximum absolute atomic E-state index is 13.1. The van der Waals surface area contributed by atoms with Crippen LogP contribution in [0.4, 0.5) is 24.5 Å².